The van der Waals surface area contributed by atoms with Crippen molar-refractivity contribution >= 4 is 0 Å². The lowest BCUT2D eigenvalue weighted by molar-refractivity contribution is -0.0641. The van der Waals surface area contributed by atoms with Crippen molar-refractivity contribution in [3.8, 4) is 0 Å². The standard InChI is InChI=1S/C45H81NO3/c1-9-10-15-29-47-33-38(46(7)8)34-48-30-16-13-11-12-14-17-31-49-39-25-27-44(5)37(32-39)21-22-40-42-24-23-41(36(4)20-18-19-35(2)3)45(42,6)28-26-43(40)44/h10,15,21,35-36,38-43H,9,11-14,16-20,22-34H2,1-8H3/b15-10-/t36?,38?,39?,40?,41?,42-,43?,44?,45?/m0/s1. The van der Waals surface area contributed by atoms with Gasteiger partial charge in [-0.1, -0.05) is 110 Å². The molecule has 0 amide bonds. The van der Waals surface area contributed by atoms with E-state index in [2.05, 4.69) is 78.8 Å². The maximum Gasteiger partial charge on any atom is 0.0648 e. The first-order valence-corrected chi connectivity index (χ1v) is 21.4. The highest BCUT2D eigenvalue weighted by atomic mass is 16.5. The molecule has 3 saturated carbocycles. The molecule has 0 radical (unpaired) electrons. The van der Waals surface area contributed by atoms with Crippen LogP contribution in [-0.4, -0.2) is 64.2 Å². The molecule has 4 nitrogen and oxygen atoms in total. The molecule has 4 aliphatic carbocycles. The maximum absolute atomic E-state index is 6.56. The Morgan fingerprint density at radius 2 is 1.55 bits per heavy atom. The van der Waals surface area contributed by atoms with E-state index in [-0.39, 0.29) is 0 Å². The molecule has 0 heterocycles. The van der Waals surface area contributed by atoms with Gasteiger partial charge in [-0.05, 0) is 131 Å². The smallest absolute Gasteiger partial charge is 0.0648 e. The van der Waals surface area contributed by atoms with Crippen LogP contribution in [0, 0.1) is 46.3 Å². The second-order valence-electron chi connectivity index (χ2n) is 18.3. The quantitative estimate of drug-likeness (QED) is 0.0792. The van der Waals surface area contributed by atoms with Crippen LogP contribution in [0.2, 0.25) is 0 Å². The van der Waals surface area contributed by atoms with E-state index >= 15 is 0 Å². The molecule has 9 atom stereocenters. The lowest BCUT2D eigenvalue weighted by atomic mass is 9.47. The fraction of sp³-hybridized carbons (Fsp3) is 0.911. The van der Waals surface area contributed by atoms with Gasteiger partial charge in [-0.3, -0.25) is 0 Å². The second-order valence-corrected chi connectivity index (χ2v) is 18.3. The van der Waals surface area contributed by atoms with Crippen LogP contribution >= 0.6 is 0 Å². The summed E-state index contributed by atoms with van der Waals surface area (Å²) < 4.78 is 18.4. The fourth-order valence-electron chi connectivity index (χ4n) is 11.1. The van der Waals surface area contributed by atoms with E-state index in [9.17, 15) is 0 Å². The third-order valence-corrected chi connectivity index (χ3v) is 14.3. The van der Waals surface area contributed by atoms with Gasteiger partial charge in [-0.25, -0.2) is 0 Å². The molecule has 0 aromatic heterocycles. The minimum atomic E-state index is 0.320. The third-order valence-electron chi connectivity index (χ3n) is 14.3. The van der Waals surface area contributed by atoms with Crippen molar-refractivity contribution in [3.05, 3.63) is 23.8 Å². The largest absolute Gasteiger partial charge is 0.380 e. The minimum absolute atomic E-state index is 0.320. The molecule has 4 heteroatoms. The summed E-state index contributed by atoms with van der Waals surface area (Å²) in [6.07, 6.45) is 31.5. The molecule has 0 N–H and O–H groups in total. The molecule has 0 spiro atoms. The summed E-state index contributed by atoms with van der Waals surface area (Å²) in [4.78, 5) is 2.21. The second kappa shape index (κ2) is 20.5. The molecule has 8 unspecified atom stereocenters. The van der Waals surface area contributed by atoms with E-state index in [0.29, 0.717) is 29.6 Å². The highest BCUT2D eigenvalue weighted by molar-refractivity contribution is 5.25. The lowest BCUT2D eigenvalue weighted by Gasteiger charge is -2.58. The predicted octanol–water partition coefficient (Wildman–Crippen LogP) is 11.7. The van der Waals surface area contributed by atoms with Crippen molar-refractivity contribution in [2.75, 3.05) is 47.1 Å². The number of fused-ring (bicyclic) bond motifs is 5. The van der Waals surface area contributed by atoms with Gasteiger partial charge in [0, 0.05) is 13.2 Å². The first kappa shape index (κ1) is 41.1. The molecule has 49 heavy (non-hydrogen) atoms. The Balaban J connectivity index is 1.08. The van der Waals surface area contributed by atoms with Gasteiger partial charge in [0.25, 0.3) is 0 Å². The number of rotatable bonds is 23. The Kier molecular flexibility index (Phi) is 17.2. The zero-order valence-corrected chi connectivity index (χ0v) is 33.8. The first-order valence-electron chi connectivity index (χ1n) is 21.4. The summed E-state index contributed by atoms with van der Waals surface area (Å²) in [6, 6.07) is 0.320. The first-order chi connectivity index (χ1) is 23.6. The number of nitrogens with zero attached hydrogens (tertiary/aromatic N) is 1. The van der Waals surface area contributed by atoms with Gasteiger partial charge in [-0.15, -0.1) is 0 Å². The Bertz CT molecular complexity index is 990. The van der Waals surface area contributed by atoms with Gasteiger partial charge in [0.05, 0.1) is 32.0 Å². The van der Waals surface area contributed by atoms with E-state index in [0.717, 1.165) is 74.8 Å². The monoisotopic (exact) mass is 684 g/mol. The predicted molar refractivity (Wildman–Crippen MR) is 209 cm³/mol. The zero-order valence-electron chi connectivity index (χ0n) is 33.8. The molecule has 0 aromatic rings. The molecule has 4 aliphatic rings. The normalized spacial score (nSPS) is 32.7. The van der Waals surface area contributed by atoms with Crippen molar-refractivity contribution in [1.29, 1.82) is 0 Å². The summed E-state index contributed by atoms with van der Waals surface area (Å²) in [6.45, 7) is 18.9. The molecular weight excluding hydrogens is 602 g/mol. The number of unbranched alkanes of at least 4 members (excludes halogenated alkanes) is 5. The number of hydrogen-bond acceptors (Lipinski definition) is 4. The zero-order chi connectivity index (χ0) is 35.3. The van der Waals surface area contributed by atoms with Crippen LogP contribution in [0.25, 0.3) is 0 Å². The highest BCUT2D eigenvalue weighted by Crippen LogP contribution is 2.67. The third kappa shape index (κ3) is 11.4. The van der Waals surface area contributed by atoms with E-state index in [4.69, 9.17) is 14.2 Å². The van der Waals surface area contributed by atoms with Crippen LogP contribution < -0.4 is 0 Å². The van der Waals surface area contributed by atoms with Crippen LogP contribution in [0.3, 0.4) is 0 Å². The molecule has 3 fully saturated rings. The van der Waals surface area contributed by atoms with Gasteiger partial charge in [0.2, 0.25) is 0 Å². The minimum Gasteiger partial charge on any atom is -0.380 e. The average Bonchev–Trinajstić information content (AvgIpc) is 3.43. The van der Waals surface area contributed by atoms with Crippen LogP contribution in [0.1, 0.15) is 157 Å². The van der Waals surface area contributed by atoms with Crippen molar-refractivity contribution < 1.29 is 14.2 Å². The Morgan fingerprint density at radius 3 is 2.29 bits per heavy atom. The summed E-state index contributed by atoms with van der Waals surface area (Å²) >= 11 is 0. The lowest BCUT2D eigenvalue weighted by Crippen LogP contribution is -2.51. The van der Waals surface area contributed by atoms with Crippen molar-refractivity contribution in [2.45, 2.75) is 169 Å². The highest BCUT2D eigenvalue weighted by Gasteiger charge is 2.59. The summed E-state index contributed by atoms with van der Waals surface area (Å²) in [7, 11) is 4.23. The van der Waals surface area contributed by atoms with Gasteiger partial charge in [0.15, 0.2) is 0 Å². The van der Waals surface area contributed by atoms with Crippen molar-refractivity contribution in [3.63, 3.8) is 0 Å². The molecular formula is C45H81NO3. The van der Waals surface area contributed by atoms with E-state index in [1.165, 1.54) is 103 Å². The number of likely N-dealkylation sites (N-methyl/N-ethyl adjacent to an activating group) is 1. The molecule has 284 valence electrons. The summed E-state index contributed by atoms with van der Waals surface area (Å²) in [5, 5.41) is 0. The maximum atomic E-state index is 6.56. The number of ether oxygens (including phenoxy) is 3. The molecule has 0 aliphatic heterocycles. The molecule has 4 rings (SSSR count). The topological polar surface area (TPSA) is 30.9 Å². The van der Waals surface area contributed by atoms with E-state index in [1.54, 1.807) is 5.57 Å². The van der Waals surface area contributed by atoms with Gasteiger partial charge >= 0.3 is 0 Å². The van der Waals surface area contributed by atoms with E-state index in [1.807, 2.05) is 0 Å². The van der Waals surface area contributed by atoms with Crippen molar-refractivity contribution in [2.24, 2.45) is 46.3 Å². The Labute approximate surface area is 304 Å². The fourth-order valence-corrected chi connectivity index (χ4v) is 11.1. The summed E-state index contributed by atoms with van der Waals surface area (Å²) in [5.74, 6) is 5.50. The average molecular weight is 684 g/mol. The number of allylic oxidation sites excluding steroid dienone is 2. The Morgan fingerprint density at radius 1 is 0.816 bits per heavy atom. The molecule has 0 bridgehead atoms. The van der Waals surface area contributed by atoms with Gasteiger partial charge in [-0.2, -0.15) is 0 Å². The van der Waals surface area contributed by atoms with Gasteiger partial charge in [0.1, 0.15) is 0 Å². The van der Waals surface area contributed by atoms with Crippen LogP contribution in [0.5, 0.6) is 0 Å². The summed E-state index contributed by atoms with van der Waals surface area (Å²) in [5.41, 5.74) is 2.80. The Hall–Kier alpha value is -0.680. The molecule has 0 aromatic carbocycles. The SMILES string of the molecule is CC/C=C\COCC(COCCCCCCCCOC1CCC2(C)C(=CCC3C2CCC2(C)C(C(C)CCCC(C)C)CC[C@@H]32)C1)N(C)C. The van der Waals surface area contributed by atoms with Crippen LogP contribution in [-0.2, 0) is 14.2 Å². The van der Waals surface area contributed by atoms with Crippen molar-refractivity contribution in [1.82, 2.24) is 4.90 Å². The van der Waals surface area contributed by atoms with Crippen LogP contribution in [0.15, 0.2) is 23.8 Å². The molecule has 0 saturated heterocycles. The van der Waals surface area contributed by atoms with E-state index < -0.39 is 0 Å². The van der Waals surface area contributed by atoms with Gasteiger partial charge < -0.3 is 19.1 Å². The van der Waals surface area contributed by atoms with Crippen LogP contribution in [0.4, 0.5) is 0 Å². The number of hydrogen-bond donors (Lipinski definition) is 0.